The Hall–Kier alpha value is -1.72. The molecule has 0 radical (unpaired) electrons. The Morgan fingerprint density at radius 1 is 1.26 bits per heavy atom. The highest BCUT2D eigenvalue weighted by molar-refractivity contribution is 7.13. The third-order valence-corrected chi connectivity index (χ3v) is 4.56. The van der Waals surface area contributed by atoms with E-state index in [4.69, 9.17) is 0 Å². The molecule has 2 aromatic rings. The van der Waals surface area contributed by atoms with Crippen LogP contribution in [0.15, 0.2) is 29.6 Å². The third-order valence-electron chi connectivity index (χ3n) is 3.75. The molecule has 0 saturated carbocycles. The lowest BCUT2D eigenvalue weighted by molar-refractivity contribution is -0.114. The molecule has 1 amide bonds. The number of anilines is 1. The summed E-state index contributed by atoms with van der Waals surface area (Å²) in [7, 11) is 0. The molecule has 2 rings (SSSR count). The van der Waals surface area contributed by atoms with Gasteiger partial charge in [-0.3, -0.25) is 4.79 Å². The second-order valence-corrected chi connectivity index (χ2v) is 6.88. The molecule has 0 aliphatic carbocycles. The highest BCUT2D eigenvalue weighted by Gasteiger charge is 2.16. The first-order valence-corrected chi connectivity index (χ1v) is 8.91. The number of nitrogens with zero attached hydrogens (tertiary/aromatic N) is 1. The van der Waals surface area contributed by atoms with Gasteiger partial charge in [0.25, 0.3) is 0 Å². The lowest BCUT2D eigenvalue weighted by Gasteiger charge is -2.23. The van der Waals surface area contributed by atoms with Gasteiger partial charge >= 0.3 is 0 Å². The van der Waals surface area contributed by atoms with Crippen molar-refractivity contribution >= 4 is 22.4 Å². The Morgan fingerprint density at radius 2 is 1.96 bits per heavy atom. The summed E-state index contributed by atoms with van der Waals surface area (Å²) in [6.07, 6.45) is 1.06. The van der Waals surface area contributed by atoms with Gasteiger partial charge in [-0.05, 0) is 23.5 Å². The summed E-state index contributed by atoms with van der Waals surface area (Å²) in [5.74, 6) is 0.394. The molecule has 1 atom stereocenters. The molecule has 0 aliphatic heterocycles. The average molecular weight is 331 g/mol. The van der Waals surface area contributed by atoms with Crippen LogP contribution >= 0.6 is 11.3 Å². The fourth-order valence-electron chi connectivity index (χ4n) is 2.51. The molecule has 1 unspecified atom stereocenters. The summed E-state index contributed by atoms with van der Waals surface area (Å²) >= 11 is 1.46. The van der Waals surface area contributed by atoms with Crippen molar-refractivity contribution in [2.45, 2.75) is 46.7 Å². The molecule has 1 aromatic carbocycles. The van der Waals surface area contributed by atoms with Crippen LogP contribution in [0, 0.1) is 5.92 Å². The summed E-state index contributed by atoms with van der Waals surface area (Å²) in [5, 5.41) is 8.95. The first kappa shape index (κ1) is 17.6. The number of rotatable bonds is 7. The van der Waals surface area contributed by atoms with Crippen LogP contribution in [0.2, 0.25) is 0 Å². The molecule has 1 heterocycles. The van der Waals surface area contributed by atoms with E-state index in [0.29, 0.717) is 17.6 Å². The van der Waals surface area contributed by atoms with Crippen LogP contribution in [0.4, 0.5) is 5.13 Å². The molecule has 23 heavy (non-hydrogen) atoms. The summed E-state index contributed by atoms with van der Waals surface area (Å²) < 4.78 is 0. The Bertz CT molecular complexity index is 634. The summed E-state index contributed by atoms with van der Waals surface area (Å²) in [4.78, 5) is 15.5. The zero-order chi connectivity index (χ0) is 16.8. The van der Waals surface area contributed by atoms with Crippen LogP contribution in [0.3, 0.4) is 0 Å². The number of nitrogens with one attached hydrogen (secondary N) is 2. The number of hydrogen-bond donors (Lipinski definition) is 2. The largest absolute Gasteiger partial charge is 0.304 e. The van der Waals surface area contributed by atoms with Crippen molar-refractivity contribution in [3.05, 3.63) is 46.5 Å². The Kier molecular flexibility index (Phi) is 6.30. The van der Waals surface area contributed by atoms with E-state index in [1.807, 2.05) is 5.38 Å². The predicted molar refractivity (Wildman–Crippen MR) is 96.7 cm³/mol. The fraction of sp³-hybridized carbons (Fsp3) is 0.444. The van der Waals surface area contributed by atoms with Crippen LogP contribution in [-0.4, -0.2) is 10.9 Å². The zero-order valence-corrected chi connectivity index (χ0v) is 15.0. The fourth-order valence-corrected chi connectivity index (χ4v) is 3.27. The minimum atomic E-state index is -0.0880. The summed E-state index contributed by atoms with van der Waals surface area (Å²) in [6.45, 7) is 8.79. The molecule has 124 valence electrons. The SMILES string of the molecule is CCc1ccc(C(NCc2csc(NC(C)=O)n2)C(C)C)cc1. The van der Waals surface area contributed by atoms with Gasteiger partial charge in [-0.15, -0.1) is 11.3 Å². The lowest BCUT2D eigenvalue weighted by atomic mass is 9.95. The van der Waals surface area contributed by atoms with E-state index in [9.17, 15) is 4.79 Å². The van der Waals surface area contributed by atoms with E-state index >= 15 is 0 Å². The normalized spacial score (nSPS) is 12.4. The molecule has 2 N–H and O–H groups in total. The van der Waals surface area contributed by atoms with Crippen LogP contribution in [0.5, 0.6) is 0 Å². The van der Waals surface area contributed by atoms with Crippen molar-refractivity contribution in [2.24, 2.45) is 5.92 Å². The van der Waals surface area contributed by atoms with Crippen molar-refractivity contribution in [1.82, 2.24) is 10.3 Å². The van der Waals surface area contributed by atoms with Gasteiger partial charge in [-0.1, -0.05) is 45.0 Å². The molecule has 0 aliphatic rings. The van der Waals surface area contributed by atoms with Crippen molar-refractivity contribution in [1.29, 1.82) is 0 Å². The van der Waals surface area contributed by atoms with Gasteiger partial charge in [0.1, 0.15) is 0 Å². The van der Waals surface area contributed by atoms with E-state index < -0.39 is 0 Å². The first-order valence-electron chi connectivity index (χ1n) is 8.03. The van der Waals surface area contributed by atoms with Crippen molar-refractivity contribution in [3.8, 4) is 0 Å². The van der Waals surface area contributed by atoms with Gasteiger partial charge in [-0.25, -0.2) is 4.98 Å². The number of aromatic nitrogens is 1. The first-order chi connectivity index (χ1) is 11.0. The molecule has 4 nitrogen and oxygen atoms in total. The number of carbonyl (C=O) groups excluding carboxylic acids is 1. The maximum absolute atomic E-state index is 11.1. The van der Waals surface area contributed by atoms with Gasteiger partial charge in [0.2, 0.25) is 5.91 Å². The summed E-state index contributed by atoms with van der Waals surface area (Å²) in [5.41, 5.74) is 3.61. The number of hydrogen-bond acceptors (Lipinski definition) is 4. The lowest BCUT2D eigenvalue weighted by Crippen LogP contribution is -2.25. The molecule has 0 saturated heterocycles. The minimum absolute atomic E-state index is 0.0880. The molecular weight excluding hydrogens is 306 g/mol. The highest BCUT2D eigenvalue weighted by Crippen LogP contribution is 2.23. The maximum atomic E-state index is 11.1. The minimum Gasteiger partial charge on any atom is -0.304 e. The number of thiazole rings is 1. The van der Waals surface area contributed by atoms with Gasteiger partial charge in [-0.2, -0.15) is 0 Å². The van der Waals surface area contributed by atoms with Crippen LogP contribution < -0.4 is 10.6 Å². The van der Waals surface area contributed by atoms with Crippen molar-refractivity contribution in [3.63, 3.8) is 0 Å². The second-order valence-electron chi connectivity index (χ2n) is 6.02. The molecule has 0 fully saturated rings. The van der Waals surface area contributed by atoms with E-state index in [-0.39, 0.29) is 11.9 Å². The van der Waals surface area contributed by atoms with E-state index in [1.165, 1.54) is 29.4 Å². The van der Waals surface area contributed by atoms with Crippen LogP contribution in [-0.2, 0) is 17.8 Å². The Morgan fingerprint density at radius 3 is 2.52 bits per heavy atom. The smallest absolute Gasteiger partial charge is 0.223 e. The van der Waals surface area contributed by atoms with Gasteiger partial charge < -0.3 is 10.6 Å². The van der Waals surface area contributed by atoms with Gasteiger partial charge in [0, 0.05) is 24.9 Å². The van der Waals surface area contributed by atoms with Crippen molar-refractivity contribution in [2.75, 3.05) is 5.32 Å². The number of benzene rings is 1. The van der Waals surface area contributed by atoms with Gasteiger partial charge in [0.15, 0.2) is 5.13 Å². The number of amides is 1. The molecular formula is C18H25N3OS. The quantitative estimate of drug-likeness (QED) is 0.801. The number of aryl methyl sites for hydroxylation is 1. The van der Waals surface area contributed by atoms with Crippen LogP contribution in [0.1, 0.15) is 50.6 Å². The Balaban J connectivity index is 2.01. The van der Waals surface area contributed by atoms with E-state index in [2.05, 4.69) is 60.7 Å². The van der Waals surface area contributed by atoms with E-state index in [1.54, 1.807) is 0 Å². The summed E-state index contributed by atoms with van der Waals surface area (Å²) in [6, 6.07) is 9.10. The highest BCUT2D eigenvalue weighted by atomic mass is 32.1. The molecule has 1 aromatic heterocycles. The topological polar surface area (TPSA) is 54.0 Å². The number of carbonyl (C=O) groups is 1. The molecule has 5 heteroatoms. The second kappa shape index (κ2) is 8.22. The molecule has 0 bridgehead atoms. The Labute approximate surface area is 142 Å². The maximum Gasteiger partial charge on any atom is 0.223 e. The average Bonchev–Trinajstić information content (AvgIpc) is 2.94. The predicted octanol–water partition coefficient (Wildman–Crippen LogP) is 4.15. The standard InChI is InChI=1S/C18H25N3OS/c1-5-14-6-8-15(9-7-14)17(12(2)3)19-10-16-11-23-18(21-16)20-13(4)22/h6-9,11-12,17,19H,5,10H2,1-4H3,(H,20,21,22). The zero-order valence-electron chi connectivity index (χ0n) is 14.2. The third kappa shape index (κ3) is 5.15. The van der Waals surface area contributed by atoms with Crippen molar-refractivity contribution < 1.29 is 4.79 Å². The molecule has 0 spiro atoms. The van der Waals surface area contributed by atoms with E-state index in [0.717, 1.165) is 12.1 Å². The monoisotopic (exact) mass is 331 g/mol. The van der Waals surface area contributed by atoms with Gasteiger partial charge in [0.05, 0.1) is 5.69 Å². The van der Waals surface area contributed by atoms with Crippen LogP contribution in [0.25, 0.3) is 0 Å².